The largest absolute Gasteiger partial charge is 0.482 e. The topological polar surface area (TPSA) is 56.8 Å². The summed E-state index contributed by atoms with van der Waals surface area (Å²) in [7, 11) is 3.01. The highest BCUT2D eigenvalue weighted by Crippen LogP contribution is 2.11. The van der Waals surface area contributed by atoms with Crippen molar-refractivity contribution in [2.45, 2.75) is 6.54 Å². The molecule has 5 heteroatoms. The van der Waals surface area contributed by atoms with Gasteiger partial charge < -0.3 is 19.5 Å². The van der Waals surface area contributed by atoms with E-state index >= 15 is 0 Å². The fraction of sp³-hybridized carbons (Fsp3) is 0.462. The Labute approximate surface area is 107 Å². The van der Waals surface area contributed by atoms with E-state index in [1.165, 1.54) is 7.11 Å². The molecule has 0 spiro atoms. The molecule has 0 unspecified atom stereocenters. The number of ether oxygens (including phenoxy) is 3. The van der Waals surface area contributed by atoms with Crippen LogP contribution in [-0.4, -0.2) is 39.9 Å². The van der Waals surface area contributed by atoms with E-state index in [-0.39, 0.29) is 12.6 Å². The molecule has 0 aliphatic heterocycles. The smallest absolute Gasteiger partial charge is 0.343 e. The van der Waals surface area contributed by atoms with Crippen LogP contribution < -0.4 is 10.1 Å². The number of rotatable bonds is 8. The zero-order valence-corrected chi connectivity index (χ0v) is 10.8. The highest BCUT2D eigenvalue weighted by Gasteiger charge is 2.01. The molecule has 18 heavy (non-hydrogen) atoms. The summed E-state index contributed by atoms with van der Waals surface area (Å²) in [5.74, 6) is 0.265. The third-order valence-electron chi connectivity index (χ3n) is 2.32. The lowest BCUT2D eigenvalue weighted by molar-refractivity contribution is -0.142. The van der Waals surface area contributed by atoms with Crippen LogP contribution in [0.4, 0.5) is 0 Å². The summed E-state index contributed by atoms with van der Waals surface area (Å²) >= 11 is 0. The van der Waals surface area contributed by atoms with Crippen LogP contribution in [0.5, 0.6) is 5.75 Å². The fourth-order valence-corrected chi connectivity index (χ4v) is 1.31. The standard InChI is InChI=1S/C13H19NO4/c1-16-8-7-14-9-11-3-5-12(6-4-11)18-10-13(15)17-2/h3-6,14H,7-10H2,1-2H3. The van der Waals surface area contributed by atoms with Gasteiger partial charge in [0.2, 0.25) is 0 Å². The van der Waals surface area contributed by atoms with Crippen molar-refractivity contribution in [2.75, 3.05) is 34.0 Å². The molecule has 0 atom stereocenters. The van der Waals surface area contributed by atoms with Crippen LogP contribution in [0.15, 0.2) is 24.3 Å². The van der Waals surface area contributed by atoms with Gasteiger partial charge in [-0.2, -0.15) is 0 Å². The van der Waals surface area contributed by atoms with Crippen molar-refractivity contribution in [3.05, 3.63) is 29.8 Å². The second kappa shape index (κ2) is 8.49. The normalized spacial score (nSPS) is 10.1. The van der Waals surface area contributed by atoms with Gasteiger partial charge in [0.15, 0.2) is 6.61 Å². The van der Waals surface area contributed by atoms with Gasteiger partial charge in [0.25, 0.3) is 0 Å². The first-order chi connectivity index (χ1) is 8.76. The van der Waals surface area contributed by atoms with E-state index in [2.05, 4.69) is 10.1 Å². The van der Waals surface area contributed by atoms with E-state index in [1.54, 1.807) is 7.11 Å². The van der Waals surface area contributed by atoms with E-state index < -0.39 is 0 Å². The van der Waals surface area contributed by atoms with Crippen molar-refractivity contribution in [2.24, 2.45) is 0 Å². The van der Waals surface area contributed by atoms with Crippen molar-refractivity contribution >= 4 is 5.97 Å². The van der Waals surface area contributed by atoms with Crippen molar-refractivity contribution < 1.29 is 19.0 Å². The predicted molar refractivity (Wildman–Crippen MR) is 67.5 cm³/mol. The minimum Gasteiger partial charge on any atom is -0.482 e. The monoisotopic (exact) mass is 253 g/mol. The summed E-state index contributed by atoms with van der Waals surface area (Å²) in [6.07, 6.45) is 0. The Kier molecular flexibility index (Phi) is 6.83. The molecule has 1 rings (SSSR count). The van der Waals surface area contributed by atoms with Crippen LogP contribution in [0.1, 0.15) is 5.56 Å². The SMILES string of the molecule is COCCNCc1ccc(OCC(=O)OC)cc1. The van der Waals surface area contributed by atoms with E-state index in [0.29, 0.717) is 12.4 Å². The van der Waals surface area contributed by atoms with Gasteiger partial charge in [0.05, 0.1) is 13.7 Å². The van der Waals surface area contributed by atoms with Crippen molar-refractivity contribution in [3.63, 3.8) is 0 Å². The zero-order valence-electron chi connectivity index (χ0n) is 10.8. The van der Waals surface area contributed by atoms with Crippen LogP contribution in [0, 0.1) is 0 Å². The molecular formula is C13H19NO4. The maximum absolute atomic E-state index is 10.9. The number of nitrogens with one attached hydrogen (secondary N) is 1. The van der Waals surface area contributed by atoms with Crippen molar-refractivity contribution in [1.29, 1.82) is 0 Å². The molecule has 0 saturated heterocycles. The van der Waals surface area contributed by atoms with Crippen molar-refractivity contribution in [1.82, 2.24) is 5.32 Å². The lowest BCUT2D eigenvalue weighted by Gasteiger charge is -2.07. The summed E-state index contributed by atoms with van der Waals surface area (Å²) in [4.78, 5) is 10.9. The van der Waals surface area contributed by atoms with Crippen LogP contribution >= 0.6 is 0 Å². The molecule has 5 nitrogen and oxygen atoms in total. The molecule has 0 aliphatic carbocycles. The van der Waals surface area contributed by atoms with Gasteiger partial charge in [-0.1, -0.05) is 12.1 Å². The molecule has 0 aromatic heterocycles. The van der Waals surface area contributed by atoms with Gasteiger partial charge in [-0.15, -0.1) is 0 Å². The van der Waals surface area contributed by atoms with Gasteiger partial charge in [0, 0.05) is 20.2 Å². The Balaban J connectivity index is 2.31. The molecule has 0 heterocycles. The predicted octanol–water partition coefficient (Wildman–Crippen LogP) is 0.974. The molecule has 0 bridgehead atoms. The van der Waals surface area contributed by atoms with Gasteiger partial charge in [-0.05, 0) is 17.7 Å². The van der Waals surface area contributed by atoms with Crippen LogP contribution in [0.2, 0.25) is 0 Å². The minimum absolute atomic E-state index is 0.0675. The van der Waals surface area contributed by atoms with E-state index in [9.17, 15) is 4.79 Å². The average Bonchev–Trinajstić information content (AvgIpc) is 2.42. The Morgan fingerprint density at radius 1 is 1.22 bits per heavy atom. The fourth-order valence-electron chi connectivity index (χ4n) is 1.31. The zero-order chi connectivity index (χ0) is 13.2. The lowest BCUT2D eigenvalue weighted by Crippen LogP contribution is -2.18. The van der Waals surface area contributed by atoms with Crippen LogP contribution in [-0.2, 0) is 20.8 Å². The number of benzene rings is 1. The first kappa shape index (κ1) is 14.5. The van der Waals surface area contributed by atoms with Crippen molar-refractivity contribution in [3.8, 4) is 5.75 Å². The molecule has 0 radical (unpaired) electrons. The van der Waals surface area contributed by atoms with Gasteiger partial charge in [-0.25, -0.2) is 4.79 Å². The number of carbonyl (C=O) groups is 1. The quantitative estimate of drug-likeness (QED) is 0.553. The maximum Gasteiger partial charge on any atom is 0.343 e. The van der Waals surface area contributed by atoms with Crippen LogP contribution in [0.25, 0.3) is 0 Å². The number of hydrogen-bond donors (Lipinski definition) is 1. The average molecular weight is 253 g/mol. The summed E-state index contributed by atoms with van der Waals surface area (Å²) in [5, 5.41) is 3.24. The number of hydrogen-bond acceptors (Lipinski definition) is 5. The molecule has 100 valence electrons. The Morgan fingerprint density at radius 3 is 2.56 bits per heavy atom. The Hall–Kier alpha value is -1.59. The molecule has 0 amide bonds. The summed E-state index contributed by atoms with van der Waals surface area (Å²) < 4.78 is 14.7. The second-order valence-corrected chi connectivity index (χ2v) is 3.68. The molecule has 1 aromatic rings. The molecule has 1 N–H and O–H groups in total. The summed E-state index contributed by atoms with van der Waals surface area (Å²) in [5.41, 5.74) is 1.15. The summed E-state index contributed by atoms with van der Waals surface area (Å²) in [6.45, 7) is 2.22. The number of methoxy groups -OCH3 is 2. The molecule has 0 saturated carbocycles. The van der Waals surface area contributed by atoms with Crippen LogP contribution in [0.3, 0.4) is 0 Å². The second-order valence-electron chi connectivity index (χ2n) is 3.68. The summed E-state index contributed by atoms with van der Waals surface area (Å²) in [6, 6.07) is 7.56. The lowest BCUT2D eigenvalue weighted by atomic mass is 10.2. The maximum atomic E-state index is 10.9. The highest BCUT2D eigenvalue weighted by molar-refractivity contribution is 5.70. The number of carbonyl (C=O) groups excluding carboxylic acids is 1. The number of esters is 1. The minimum atomic E-state index is -0.389. The first-order valence-electron chi connectivity index (χ1n) is 5.74. The molecule has 0 aliphatic rings. The van der Waals surface area contributed by atoms with Gasteiger partial charge in [-0.3, -0.25) is 0 Å². The molecule has 1 aromatic carbocycles. The highest BCUT2D eigenvalue weighted by atomic mass is 16.6. The third kappa shape index (κ3) is 5.65. The van der Waals surface area contributed by atoms with E-state index in [4.69, 9.17) is 9.47 Å². The Bertz CT molecular complexity index is 351. The first-order valence-corrected chi connectivity index (χ1v) is 5.74. The van der Waals surface area contributed by atoms with E-state index in [1.807, 2.05) is 24.3 Å². The van der Waals surface area contributed by atoms with Gasteiger partial charge in [0.1, 0.15) is 5.75 Å². The van der Waals surface area contributed by atoms with Gasteiger partial charge >= 0.3 is 5.97 Å². The molecule has 0 fully saturated rings. The Morgan fingerprint density at radius 2 is 1.94 bits per heavy atom. The molecular weight excluding hydrogens is 234 g/mol. The van der Waals surface area contributed by atoms with E-state index in [0.717, 1.165) is 18.7 Å². The third-order valence-corrected chi connectivity index (χ3v) is 2.32.